The zero-order chi connectivity index (χ0) is 13.2. The summed E-state index contributed by atoms with van der Waals surface area (Å²) in [6.45, 7) is 1.99. The number of anilines is 1. The average Bonchev–Trinajstić information content (AvgIpc) is 2.33. The van der Waals surface area contributed by atoms with E-state index >= 15 is 0 Å². The highest BCUT2D eigenvalue weighted by Gasteiger charge is 2.23. The number of halogens is 1. The largest absolute Gasteiger partial charge is 0.383 e. The van der Waals surface area contributed by atoms with Crippen molar-refractivity contribution in [3.05, 3.63) is 16.7 Å². The summed E-state index contributed by atoms with van der Waals surface area (Å²) < 4.78 is 30.0. The van der Waals surface area contributed by atoms with Gasteiger partial charge in [0.25, 0.3) is 10.0 Å². The summed E-state index contributed by atoms with van der Waals surface area (Å²) in [5.74, 6) is -0.0287. The minimum atomic E-state index is -3.71. The van der Waals surface area contributed by atoms with Crippen LogP contribution in [-0.4, -0.2) is 44.7 Å². The number of sulfonamides is 1. The molecule has 0 unspecified atom stereocenters. The molecule has 0 amide bonds. The van der Waals surface area contributed by atoms with Crippen molar-refractivity contribution in [2.24, 2.45) is 0 Å². The Kier molecular flexibility index (Phi) is 4.17. The zero-order valence-electron chi connectivity index (χ0n) is 9.47. The number of hydrogen-bond donors (Lipinski definition) is 2. The SMILES string of the molecule is Nc1ncc(Br)cc1S(=O)(=O)NN1CCOCC1. The van der Waals surface area contributed by atoms with Crippen LogP contribution in [-0.2, 0) is 14.8 Å². The number of pyridine rings is 1. The molecule has 0 atom stereocenters. The molecule has 1 saturated heterocycles. The fraction of sp³-hybridized carbons (Fsp3) is 0.444. The zero-order valence-corrected chi connectivity index (χ0v) is 11.9. The normalized spacial score (nSPS) is 17.8. The van der Waals surface area contributed by atoms with Crippen LogP contribution in [0.1, 0.15) is 0 Å². The number of nitrogens with two attached hydrogens (primary N) is 1. The highest BCUT2D eigenvalue weighted by atomic mass is 79.9. The van der Waals surface area contributed by atoms with Gasteiger partial charge in [-0.05, 0) is 22.0 Å². The van der Waals surface area contributed by atoms with Crippen molar-refractivity contribution in [2.45, 2.75) is 4.90 Å². The van der Waals surface area contributed by atoms with Crippen molar-refractivity contribution in [1.82, 2.24) is 14.8 Å². The maximum absolute atomic E-state index is 12.1. The van der Waals surface area contributed by atoms with Crippen LogP contribution in [0.5, 0.6) is 0 Å². The lowest BCUT2D eigenvalue weighted by molar-refractivity contribution is 0.0272. The van der Waals surface area contributed by atoms with Crippen molar-refractivity contribution >= 4 is 31.8 Å². The Morgan fingerprint density at radius 1 is 1.44 bits per heavy atom. The Bertz CT molecular complexity index is 531. The van der Waals surface area contributed by atoms with Gasteiger partial charge in [0.2, 0.25) is 0 Å². The number of nitrogens with zero attached hydrogens (tertiary/aromatic N) is 2. The Hall–Kier alpha value is -0.740. The molecule has 0 aromatic carbocycles. The lowest BCUT2D eigenvalue weighted by Gasteiger charge is -2.26. The predicted molar refractivity (Wildman–Crippen MR) is 69.1 cm³/mol. The van der Waals surface area contributed by atoms with Crippen molar-refractivity contribution in [3.8, 4) is 0 Å². The van der Waals surface area contributed by atoms with Gasteiger partial charge in [-0.2, -0.15) is 0 Å². The fourth-order valence-corrected chi connectivity index (χ4v) is 3.23. The standard InChI is InChI=1S/C9H13BrN4O3S/c10-7-5-8(9(11)12-6-7)18(15,16)13-14-1-3-17-4-2-14/h5-6,13H,1-4H2,(H2,11,12). The van der Waals surface area contributed by atoms with Crippen molar-refractivity contribution in [2.75, 3.05) is 32.0 Å². The number of hydrogen-bond acceptors (Lipinski definition) is 6. The second-order valence-corrected chi connectivity index (χ2v) is 6.28. The third kappa shape index (κ3) is 3.18. The lowest BCUT2D eigenvalue weighted by Crippen LogP contribution is -2.48. The van der Waals surface area contributed by atoms with Crippen molar-refractivity contribution in [3.63, 3.8) is 0 Å². The summed E-state index contributed by atoms with van der Waals surface area (Å²) in [5.41, 5.74) is 5.59. The third-order valence-electron chi connectivity index (χ3n) is 2.40. The fourth-order valence-electron chi connectivity index (χ4n) is 1.52. The van der Waals surface area contributed by atoms with E-state index in [1.807, 2.05) is 0 Å². The first-order chi connectivity index (χ1) is 8.49. The van der Waals surface area contributed by atoms with E-state index in [1.54, 1.807) is 5.01 Å². The van der Waals surface area contributed by atoms with E-state index in [-0.39, 0.29) is 10.7 Å². The van der Waals surface area contributed by atoms with Crippen molar-refractivity contribution < 1.29 is 13.2 Å². The van der Waals surface area contributed by atoms with Gasteiger partial charge < -0.3 is 10.5 Å². The highest BCUT2D eigenvalue weighted by Crippen LogP contribution is 2.20. The lowest BCUT2D eigenvalue weighted by atomic mass is 10.5. The molecule has 0 saturated carbocycles. The maximum atomic E-state index is 12.1. The summed E-state index contributed by atoms with van der Waals surface area (Å²) in [6, 6.07) is 1.42. The second-order valence-electron chi connectivity index (χ2n) is 3.73. The average molecular weight is 337 g/mol. The molecule has 0 spiro atoms. The molecule has 1 fully saturated rings. The Balaban J connectivity index is 2.21. The van der Waals surface area contributed by atoms with E-state index in [9.17, 15) is 8.42 Å². The van der Waals surface area contributed by atoms with Gasteiger partial charge in [-0.1, -0.05) is 0 Å². The molecular weight excluding hydrogens is 324 g/mol. The molecular formula is C9H13BrN4O3S. The van der Waals surface area contributed by atoms with Gasteiger partial charge in [0.05, 0.1) is 13.2 Å². The number of aromatic nitrogens is 1. The summed E-state index contributed by atoms with van der Waals surface area (Å²) in [4.78, 5) is 6.23. The van der Waals surface area contributed by atoms with E-state index < -0.39 is 10.0 Å². The van der Waals surface area contributed by atoms with Gasteiger partial charge in [0.1, 0.15) is 10.7 Å². The monoisotopic (exact) mass is 336 g/mol. The van der Waals surface area contributed by atoms with Crippen molar-refractivity contribution in [1.29, 1.82) is 0 Å². The molecule has 1 aromatic rings. The minimum absolute atomic E-state index is 0.0287. The van der Waals surface area contributed by atoms with Crippen LogP contribution in [0.25, 0.3) is 0 Å². The minimum Gasteiger partial charge on any atom is -0.383 e. The molecule has 0 bridgehead atoms. The molecule has 0 radical (unpaired) electrons. The van der Waals surface area contributed by atoms with Crippen LogP contribution in [0.15, 0.2) is 21.6 Å². The Morgan fingerprint density at radius 3 is 2.78 bits per heavy atom. The van der Waals surface area contributed by atoms with Crippen LogP contribution in [0.4, 0.5) is 5.82 Å². The highest BCUT2D eigenvalue weighted by molar-refractivity contribution is 9.10. The Labute approximate surface area is 113 Å². The quantitative estimate of drug-likeness (QED) is 0.803. The molecule has 7 nitrogen and oxygen atoms in total. The summed E-state index contributed by atoms with van der Waals surface area (Å²) in [5, 5.41) is 1.58. The number of ether oxygens (including phenoxy) is 1. The first kappa shape index (κ1) is 13.7. The smallest absolute Gasteiger partial charge is 0.257 e. The number of nitrogen functional groups attached to an aromatic ring is 1. The summed E-state index contributed by atoms with van der Waals surface area (Å²) >= 11 is 3.17. The van der Waals surface area contributed by atoms with Gasteiger partial charge in [-0.15, -0.1) is 4.83 Å². The van der Waals surface area contributed by atoms with Gasteiger partial charge in [0, 0.05) is 23.8 Å². The van der Waals surface area contributed by atoms with Crippen LogP contribution in [0.2, 0.25) is 0 Å². The van der Waals surface area contributed by atoms with Gasteiger partial charge in [-0.3, -0.25) is 0 Å². The molecule has 1 aromatic heterocycles. The number of rotatable bonds is 3. The summed E-state index contributed by atoms with van der Waals surface area (Å²) in [7, 11) is -3.71. The van der Waals surface area contributed by atoms with Gasteiger partial charge >= 0.3 is 0 Å². The number of hydrazine groups is 1. The van der Waals surface area contributed by atoms with Gasteiger partial charge in [-0.25, -0.2) is 18.4 Å². The van der Waals surface area contributed by atoms with Crippen LogP contribution in [0, 0.1) is 0 Å². The first-order valence-corrected chi connectivity index (χ1v) is 7.53. The van der Waals surface area contributed by atoms with Crippen LogP contribution in [0.3, 0.4) is 0 Å². The predicted octanol–water partition coefficient (Wildman–Crippen LogP) is -0.0482. The van der Waals surface area contributed by atoms with E-state index in [1.165, 1.54) is 12.3 Å². The first-order valence-electron chi connectivity index (χ1n) is 5.25. The van der Waals surface area contributed by atoms with E-state index in [0.29, 0.717) is 30.8 Å². The van der Waals surface area contributed by atoms with E-state index in [4.69, 9.17) is 10.5 Å². The van der Waals surface area contributed by atoms with Crippen LogP contribution >= 0.6 is 15.9 Å². The molecule has 9 heteroatoms. The maximum Gasteiger partial charge on any atom is 0.257 e. The molecule has 1 aliphatic heterocycles. The van der Waals surface area contributed by atoms with Gasteiger partial charge in [0.15, 0.2) is 0 Å². The number of nitrogens with one attached hydrogen (secondary N) is 1. The molecule has 18 heavy (non-hydrogen) atoms. The third-order valence-corrected chi connectivity index (χ3v) is 4.24. The molecule has 3 N–H and O–H groups in total. The van der Waals surface area contributed by atoms with Crippen LogP contribution < -0.4 is 10.6 Å². The summed E-state index contributed by atoms with van der Waals surface area (Å²) in [6.07, 6.45) is 1.45. The molecule has 0 aliphatic carbocycles. The van der Waals surface area contributed by atoms with E-state index in [2.05, 4.69) is 25.7 Å². The Morgan fingerprint density at radius 2 is 2.11 bits per heavy atom. The molecule has 2 heterocycles. The van der Waals surface area contributed by atoms with E-state index in [0.717, 1.165) is 0 Å². The number of morpholine rings is 1. The molecule has 2 rings (SSSR count). The topological polar surface area (TPSA) is 97.5 Å². The molecule has 100 valence electrons. The molecule has 1 aliphatic rings. The second kappa shape index (κ2) is 5.49.